The van der Waals surface area contributed by atoms with Crippen LogP contribution in [0.15, 0.2) is 17.8 Å². The van der Waals surface area contributed by atoms with Gasteiger partial charge >= 0.3 is 0 Å². The highest BCUT2D eigenvalue weighted by Gasteiger charge is 2.21. The van der Waals surface area contributed by atoms with Crippen molar-refractivity contribution < 1.29 is 9.72 Å². The number of aromatic nitrogens is 3. The highest BCUT2D eigenvalue weighted by molar-refractivity contribution is 7.13. The van der Waals surface area contributed by atoms with E-state index in [1.165, 1.54) is 5.51 Å². The molecule has 92 valence electrons. The first-order chi connectivity index (χ1) is 8.58. The van der Waals surface area contributed by atoms with Gasteiger partial charge in [0.25, 0.3) is 11.6 Å². The lowest BCUT2D eigenvalue weighted by Gasteiger charge is -2.02. The molecule has 0 atom stereocenters. The molecule has 2 heterocycles. The smallest absolute Gasteiger partial charge is 0.300 e. The molecule has 0 aliphatic rings. The summed E-state index contributed by atoms with van der Waals surface area (Å²) in [4.78, 5) is 25.5. The topological polar surface area (TPSA) is 137 Å². The van der Waals surface area contributed by atoms with Crippen LogP contribution in [0.2, 0.25) is 0 Å². The van der Waals surface area contributed by atoms with Crippen LogP contribution in [0.3, 0.4) is 0 Å². The summed E-state index contributed by atoms with van der Waals surface area (Å²) in [6, 6.07) is 1.13. The molecule has 0 unspecified atom stereocenters. The minimum Gasteiger partial charge on any atom is -0.384 e. The number of hydrogen-bond acceptors (Lipinski definition) is 8. The van der Waals surface area contributed by atoms with Crippen molar-refractivity contribution in [3.05, 3.63) is 33.5 Å². The fourth-order valence-corrected chi connectivity index (χ4v) is 1.62. The van der Waals surface area contributed by atoms with Crippen molar-refractivity contribution in [3.8, 4) is 0 Å². The highest BCUT2D eigenvalue weighted by atomic mass is 32.1. The number of amides is 1. The van der Waals surface area contributed by atoms with Gasteiger partial charge in [-0.25, -0.2) is 4.98 Å². The summed E-state index contributed by atoms with van der Waals surface area (Å²) in [5.74, 6) is -0.671. The van der Waals surface area contributed by atoms with Crippen molar-refractivity contribution in [1.29, 1.82) is 0 Å². The lowest BCUT2D eigenvalue weighted by atomic mass is 10.2. The quantitative estimate of drug-likeness (QED) is 0.615. The van der Waals surface area contributed by atoms with Gasteiger partial charge in [-0.05, 0) is 6.07 Å². The van der Waals surface area contributed by atoms with Crippen LogP contribution in [0.1, 0.15) is 10.4 Å². The van der Waals surface area contributed by atoms with E-state index in [2.05, 4.69) is 20.5 Å². The Kier molecular flexibility index (Phi) is 3.10. The molecule has 0 aromatic carbocycles. The van der Waals surface area contributed by atoms with E-state index in [1.54, 1.807) is 0 Å². The predicted molar refractivity (Wildman–Crippen MR) is 63.2 cm³/mol. The van der Waals surface area contributed by atoms with E-state index in [1.807, 2.05) is 0 Å². The molecule has 3 N–H and O–H groups in total. The summed E-state index contributed by atoms with van der Waals surface area (Å²) in [5.41, 5.74) is 6.22. The van der Waals surface area contributed by atoms with Gasteiger partial charge in [-0.3, -0.25) is 20.2 Å². The maximum absolute atomic E-state index is 11.8. The molecule has 0 radical (unpaired) electrons. The molecule has 0 saturated heterocycles. The molecule has 1 amide bonds. The number of nitrogens with zero attached hydrogens (tertiary/aromatic N) is 4. The van der Waals surface area contributed by atoms with Crippen LogP contribution < -0.4 is 11.1 Å². The lowest BCUT2D eigenvalue weighted by Crippen LogP contribution is -2.14. The van der Waals surface area contributed by atoms with Gasteiger partial charge in [-0.2, -0.15) is 0 Å². The van der Waals surface area contributed by atoms with Gasteiger partial charge < -0.3 is 5.73 Å². The molecule has 9 nitrogen and oxygen atoms in total. The second-order valence-corrected chi connectivity index (χ2v) is 3.91. The zero-order valence-electron chi connectivity index (χ0n) is 8.73. The van der Waals surface area contributed by atoms with Crippen LogP contribution in [0.25, 0.3) is 0 Å². The molecule has 18 heavy (non-hydrogen) atoms. The van der Waals surface area contributed by atoms with Gasteiger partial charge in [0.05, 0.1) is 4.92 Å². The fourth-order valence-electron chi connectivity index (χ4n) is 1.18. The minimum absolute atomic E-state index is 0.0167. The van der Waals surface area contributed by atoms with E-state index in [4.69, 9.17) is 5.73 Å². The second-order valence-electron chi connectivity index (χ2n) is 3.08. The summed E-state index contributed by atoms with van der Waals surface area (Å²) in [6.45, 7) is 0. The van der Waals surface area contributed by atoms with Gasteiger partial charge in [0, 0.05) is 0 Å². The highest BCUT2D eigenvalue weighted by Crippen LogP contribution is 2.20. The first kappa shape index (κ1) is 11.9. The molecule has 2 rings (SSSR count). The standard InChI is InChI=1S/C8H6N6O3S/c9-6-1-4(5(2-10-6)14(16)17)7(15)12-8-13-11-3-18-8/h1-3H,(H2,9,10)(H,12,13,15). The first-order valence-corrected chi connectivity index (χ1v) is 5.43. The van der Waals surface area contributed by atoms with Crippen LogP contribution in [-0.2, 0) is 0 Å². The minimum atomic E-state index is -0.707. The molecule has 0 spiro atoms. The number of nitrogen functional groups attached to an aromatic ring is 1. The number of nitro groups is 1. The van der Waals surface area contributed by atoms with Gasteiger partial charge in [-0.15, -0.1) is 10.2 Å². The molecule has 0 aliphatic heterocycles. The maximum Gasteiger partial charge on any atom is 0.300 e. The van der Waals surface area contributed by atoms with Crippen molar-refractivity contribution in [1.82, 2.24) is 15.2 Å². The van der Waals surface area contributed by atoms with Gasteiger partial charge in [0.2, 0.25) is 5.13 Å². The van der Waals surface area contributed by atoms with Crippen LogP contribution in [-0.4, -0.2) is 26.0 Å². The lowest BCUT2D eigenvalue weighted by molar-refractivity contribution is -0.385. The third-order valence-electron chi connectivity index (χ3n) is 1.93. The SMILES string of the molecule is Nc1cc(C(=O)Nc2nncs2)c([N+](=O)[O-])cn1. The number of rotatable bonds is 3. The number of pyridine rings is 1. The number of carbonyl (C=O) groups excluding carboxylic acids is 1. The first-order valence-electron chi connectivity index (χ1n) is 4.55. The van der Waals surface area contributed by atoms with Crippen molar-refractivity contribution in [3.63, 3.8) is 0 Å². The van der Waals surface area contributed by atoms with Crippen LogP contribution in [0.5, 0.6) is 0 Å². The molecule has 0 aliphatic carbocycles. The van der Waals surface area contributed by atoms with E-state index in [-0.39, 0.29) is 16.5 Å². The van der Waals surface area contributed by atoms with E-state index >= 15 is 0 Å². The van der Waals surface area contributed by atoms with Crippen LogP contribution in [0, 0.1) is 10.1 Å². The Morgan fingerprint density at radius 3 is 2.94 bits per heavy atom. The van der Waals surface area contributed by atoms with Crippen LogP contribution in [0.4, 0.5) is 16.6 Å². The molecule has 0 bridgehead atoms. The Labute approximate surface area is 104 Å². The predicted octanol–water partition coefficient (Wildman–Crippen LogP) is 0.676. The molecule has 10 heteroatoms. The van der Waals surface area contributed by atoms with Crippen molar-refractivity contribution in [2.45, 2.75) is 0 Å². The zero-order chi connectivity index (χ0) is 13.1. The van der Waals surface area contributed by atoms with Crippen molar-refractivity contribution in [2.75, 3.05) is 11.1 Å². The van der Waals surface area contributed by atoms with E-state index in [0.717, 1.165) is 23.6 Å². The maximum atomic E-state index is 11.8. The largest absolute Gasteiger partial charge is 0.384 e. The normalized spacial score (nSPS) is 10.0. The van der Waals surface area contributed by atoms with E-state index < -0.39 is 16.5 Å². The van der Waals surface area contributed by atoms with Gasteiger partial charge in [0.15, 0.2) is 0 Å². The summed E-state index contributed by atoms with van der Waals surface area (Å²) in [7, 11) is 0. The van der Waals surface area contributed by atoms with Gasteiger partial charge in [-0.1, -0.05) is 11.3 Å². The van der Waals surface area contributed by atoms with Crippen molar-refractivity contribution >= 4 is 33.9 Å². The summed E-state index contributed by atoms with van der Waals surface area (Å²) < 4.78 is 0. The molecular formula is C8H6N6O3S. The Balaban J connectivity index is 2.34. The van der Waals surface area contributed by atoms with Crippen LogP contribution >= 0.6 is 11.3 Å². The summed E-state index contributed by atoms with van der Waals surface area (Å²) >= 11 is 1.09. The second kappa shape index (κ2) is 4.71. The Hall–Kier alpha value is -2.62. The number of anilines is 2. The van der Waals surface area contributed by atoms with Gasteiger partial charge in [0.1, 0.15) is 23.1 Å². The Bertz CT molecular complexity index is 599. The number of nitrogens with one attached hydrogen (secondary N) is 1. The third kappa shape index (κ3) is 2.38. The fraction of sp³-hybridized carbons (Fsp3) is 0. The molecule has 0 saturated carbocycles. The molecular weight excluding hydrogens is 260 g/mol. The monoisotopic (exact) mass is 266 g/mol. The molecule has 2 aromatic rings. The molecule has 2 aromatic heterocycles. The Morgan fingerprint density at radius 2 is 2.33 bits per heavy atom. The zero-order valence-corrected chi connectivity index (χ0v) is 9.55. The summed E-state index contributed by atoms with van der Waals surface area (Å²) in [6.07, 6.45) is 0.935. The number of nitrogens with two attached hydrogens (primary N) is 1. The van der Waals surface area contributed by atoms with Crippen molar-refractivity contribution in [2.24, 2.45) is 0 Å². The Morgan fingerprint density at radius 1 is 1.56 bits per heavy atom. The average Bonchev–Trinajstić information content (AvgIpc) is 2.81. The van der Waals surface area contributed by atoms with E-state index in [9.17, 15) is 14.9 Å². The number of hydrogen-bond donors (Lipinski definition) is 2. The number of carbonyl (C=O) groups is 1. The third-order valence-corrected chi connectivity index (χ3v) is 2.53. The average molecular weight is 266 g/mol. The van der Waals surface area contributed by atoms with E-state index in [0.29, 0.717) is 0 Å². The molecule has 0 fully saturated rings. The summed E-state index contributed by atoms with van der Waals surface area (Å²) in [5, 5.41) is 20.5.